The molecule has 1 saturated heterocycles. The first-order valence-electron chi connectivity index (χ1n) is 8.55. The number of benzene rings is 1. The van der Waals surface area contributed by atoms with Crippen LogP contribution < -0.4 is 14.8 Å². The smallest absolute Gasteiger partial charge is 0.387 e. The summed E-state index contributed by atoms with van der Waals surface area (Å²) in [7, 11) is 1.36. The van der Waals surface area contributed by atoms with Crippen molar-refractivity contribution in [1.29, 1.82) is 0 Å². The van der Waals surface area contributed by atoms with Crippen LogP contribution in [0.25, 0.3) is 0 Å². The molecule has 1 unspecified atom stereocenters. The molecule has 25 heavy (non-hydrogen) atoms. The molecule has 1 aliphatic rings. The lowest BCUT2D eigenvalue weighted by Gasteiger charge is -2.35. The second-order valence-electron chi connectivity index (χ2n) is 6.52. The Morgan fingerprint density at radius 3 is 2.60 bits per heavy atom. The minimum atomic E-state index is -2.98. The molecule has 1 aromatic carbocycles. The van der Waals surface area contributed by atoms with E-state index in [-0.39, 0.29) is 29.0 Å². The minimum absolute atomic E-state index is 0.150. The number of amides is 1. The van der Waals surface area contributed by atoms with Gasteiger partial charge in [-0.25, -0.2) is 0 Å². The van der Waals surface area contributed by atoms with Crippen LogP contribution >= 0.6 is 0 Å². The zero-order chi connectivity index (χ0) is 18.4. The summed E-state index contributed by atoms with van der Waals surface area (Å²) in [5.41, 5.74) is 0.260. The molecule has 0 aliphatic carbocycles. The van der Waals surface area contributed by atoms with Crippen molar-refractivity contribution in [3.05, 3.63) is 23.8 Å². The van der Waals surface area contributed by atoms with Gasteiger partial charge in [-0.15, -0.1) is 0 Å². The maximum Gasteiger partial charge on any atom is 0.387 e. The quantitative estimate of drug-likeness (QED) is 0.815. The van der Waals surface area contributed by atoms with Crippen LogP contribution in [0.1, 0.15) is 37.0 Å². The van der Waals surface area contributed by atoms with Gasteiger partial charge in [0, 0.05) is 18.2 Å². The highest BCUT2D eigenvalue weighted by molar-refractivity contribution is 5.94. The molecular weight excluding hydrogens is 330 g/mol. The van der Waals surface area contributed by atoms with E-state index in [0.29, 0.717) is 6.54 Å². The van der Waals surface area contributed by atoms with Crippen LogP contribution in [0.3, 0.4) is 0 Å². The molecule has 0 aromatic heterocycles. The highest BCUT2D eigenvalue weighted by atomic mass is 19.3. The van der Waals surface area contributed by atoms with Crippen molar-refractivity contribution in [2.75, 3.05) is 26.7 Å². The topological polar surface area (TPSA) is 50.8 Å². The Kier molecular flexibility index (Phi) is 6.99. The Morgan fingerprint density at radius 2 is 2.00 bits per heavy atom. The second-order valence-corrected chi connectivity index (χ2v) is 6.52. The lowest BCUT2D eigenvalue weighted by Crippen LogP contribution is -2.45. The van der Waals surface area contributed by atoms with E-state index < -0.39 is 6.61 Å². The third-order valence-electron chi connectivity index (χ3n) is 4.64. The molecular formula is C18H26F2N2O3. The Balaban J connectivity index is 1.93. The van der Waals surface area contributed by atoms with Crippen molar-refractivity contribution in [3.63, 3.8) is 0 Å². The Hall–Kier alpha value is -1.89. The van der Waals surface area contributed by atoms with Crippen molar-refractivity contribution in [1.82, 2.24) is 10.2 Å². The van der Waals surface area contributed by atoms with E-state index in [1.165, 1.54) is 38.2 Å². The van der Waals surface area contributed by atoms with E-state index in [4.69, 9.17) is 4.74 Å². The van der Waals surface area contributed by atoms with Crippen molar-refractivity contribution in [3.8, 4) is 11.5 Å². The summed E-state index contributed by atoms with van der Waals surface area (Å²) in [4.78, 5) is 14.7. The maximum absolute atomic E-state index is 12.5. The summed E-state index contributed by atoms with van der Waals surface area (Å²) in [5.74, 6) is 0.445. The summed E-state index contributed by atoms with van der Waals surface area (Å²) in [6, 6.07) is 4.47. The van der Waals surface area contributed by atoms with Crippen LogP contribution in [-0.4, -0.2) is 50.2 Å². The monoisotopic (exact) mass is 356 g/mol. The molecule has 1 aromatic rings. The number of hydrogen-bond donors (Lipinski definition) is 1. The Labute approximate surface area is 147 Å². The number of halogens is 2. The Morgan fingerprint density at radius 1 is 1.32 bits per heavy atom. The van der Waals surface area contributed by atoms with E-state index in [1.54, 1.807) is 0 Å². The molecule has 1 fully saturated rings. The van der Waals surface area contributed by atoms with Crippen molar-refractivity contribution >= 4 is 5.91 Å². The molecule has 0 spiro atoms. The molecule has 0 bridgehead atoms. The highest BCUT2D eigenvalue weighted by Gasteiger charge is 2.21. The van der Waals surface area contributed by atoms with E-state index in [1.807, 2.05) is 0 Å². The predicted octanol–water partition coefficient (Wildman–Crippen LogP) is 3.15. The van der Waals surface area contributed by atoms with Crippen LogP contribution in [0, 0.1) is 5.92 Å². The summed E-state index contributed by atoms with van der Waals surface area (Å²) in [5, 5.41) is 2.86. The average molecular weight is 356 g/mol. The molecule has 0 saturated carbocycles. The number of nitrogens with zero attached hydrogens (tertiary/aromatic N) is 1. The number of hydrogen-bond acceptors (Lipinski definition) is 4. The van der Waals surface area contributed by atoms with Gasteiger partial charge in [0.1, 0.15) is 0 Å². The number of piperidine rings is 1. The van der Waals surface area contributed by atoms with Gasteiger partial charge >= 0.3 is 6.61 Å². The van der Waals surface area contributed by atoms with Gasteiger partial charge in [0.05, 0.1) is 7.11 Å². The molecule has 1 heterocycles. The number of rotatable bonds is 7. The third kappa shape index (κ3) is 5.56. The first-order valence-corrected chi connectivity index (χ1v) is 8.55. The van der Waals surface area contributed by atoms with Crippen molar-refractivity contribution < 1.29 is 23.0 Å². The largest absolute Gasteiger partial charge is 0.493 e. The number of methoxy groups -OCH3 is 1. The number of alkyl halides is 2. The van der Waals surface area contributed by atoms with Crippen LogP contribution in [-0.2, 0) is 0 Å². The third-order valence-corrected chi connectivity index (χ3v) is 4.64. The summed E-state index contributed by atoms with van der Waals surface area (Å²) < 4.78 is 34.3. The van der Waals surface area contributed by atoms with E-state index in [2.05, 4.69) is 28.8 Å². The lowest BCUT2D eigenvalue weighted by atomic mass is 9.98. The van der Waals surface area contributed by atoms with Gasteiger partial charge in [0.25, 0.3) is 5.91 Å². The van der Waals surface area contributed by atoms with Crippen molar-refractivity contribution in [2.24, 2.45) is 5.92 Å². The molecule has 5 nitrogen and oxygen atoms in total. The second kappa shape index (κ2) is 8.99. The average Bonchev–Trinajstić information content (AvgIpc) is 2.59. The van der Waals surface area contributed by atoms with Gasteiger partial charge in [-0.3, -0.25) is 9.69 Å². The standard InChI is InChI=1S/C18H26F2N2O3/c1-12-6-8-22(9-7-12)13(2)11-21-17(23)14-4-5-15(24-3)16(10-14)25-18(19)20/h4-5,10,12-13,18H,6-9,11H2,1-3H3,(H,21,23). The summed E-state index contributed by atoms with van der Waals surface area (Å²) in [6.45, 7) is 3.93. The van der Waals surface area contributed by atoms with Crippen LogP contribution in [0.2, 0.25) is 0 Å². The van der Waals surface area contributed by atoms with E-state index in [9.17, 15) is 13.6 Å². The molecule has 1 atom stereocenters. The fraction of sp³-hybridized carbons (Fsp3) is 0.611. The molecule has 0 radical (unpaired) electrons. The van der Waals surface area contributed by atoms with E-state index in [0.717, 1.165) is 19.0 Å². The first kappa shape index (κ1) is 19.4. The SMILES string of the molecule is COc1ccc(C(=O)NCC(C)N2CCC(C)CC2)cc1OC(F)F. The number of nitrogens with one attached hydrogen (secondary N) is 1. The Bertz CT molecular complexity index is 575. The minimum Gasteiger partial charge on any atom is -0.493 e. The van der Waals surface area contributed by atoms with Gasteiger partial charge in [-0.1, -0.05) is 6.92 Å². The number of carbonyl (C=O) groups excluding carboxylic acids is 1. The molecule has 1 aliphatic heterocycles. The first-order chi connectivity index (χ1) is 11.9. The highest BCUT2D eigenvalue weighted by Crippen LogP contribution is 2.29. The summed E-state index contributed by atoms with van der Waals surface area (Å²) >= 11 is 0. The van der Waals surface area contributed by atoms with Gasteiger partial charge < -0.3 is 14.8 Å². The van der Waals surface area contributed by atoms with Gasteiger partial charge in [-0.05, 0) is 57.0 Å². The van der Waals surface area contributed by atoms with E-state index >= 15 is 0 Å². The molecule has 1 amide bonds. The van der Waals surface area contributed by atoms with Crippen LogP contribution in [0.4, 0.5) is 8.78 Å². The zero-order valence-electron chi connectivity index (χ0n) is 14.9. The zero-order valence-corrected chi connectivity index (χ0v) is 14.9. The molecule has 140 valence electrons. The fourth-order valence-electron chi connectivity index (χ4n) is 2.95. The predicted molar refractivity (Wildman–Crippen MR) is 91.4 cm³/mol. The number of ether oxygens (including phenoxy) is 2. The maximum atomic E-state index is 12.5. The van der Waals surface area contributed by atoms with Crippen LogP contribution in [0.5, 0.6) is 11.5 Å². The van der Waals surface area contributed by atoms with Gasteiger partial charge in [0.2, 0.25) is 0 Å². The van der Waals surface area contributed by atoms with Gasteiger partial charge in [-0.2, -0.15) is 8.78 Å². The van der Waals surface area contributed by atoms with Crippen molar-refractivity contribution in [2.45, 2.75) is 39.3 Å². The van der Waals surface area contributed by atoms with Gasteiger partial charge in [0.15, 0.2) is 11.5 Å². The van der Waals surface area contributed by atoms with Crippen LogP contribution in [0.15, 0.2) is 18.2 Å². The fourth-order valence-corrected chi connectivity index (χ4v) is 2.95. The molecule has 2 rings (SSSR count). The summed E-state index contributed by atoms with van der Waals surface area (Å²) in [6.07, 6.45) is 2.34. The molecule has 1 N–H and O–H groups in total. The lowest BCUT2D eigenvalue weighted by molar-refractivity contribution is -0.0512. The normalized spacial score (nSPS) is 17.4. The number of carbonyl (C=O) groups is 1. The number of likely N-dealkylation sites (tertiary alicyclic amines) is 1. The molecule has 7 heteroatoms.